The molecule has 118 valence electrons. The largest absolute Gasteiger partial charge is 0.476 e. The number of unbranched alkanes of at least 4 members (excludes halogenated alkanes) is 1. The molecule has 0 bridgehead atoms. The van der Waals surface area contributed by atoms with Gasteiger partial charge in [0.1, 0.15) is 5.69 Å². The van der Waals surface area contributed by atoms with Crippen LogP contribution in [0.1, 0.15) is 19.8 Å². The van der Waals surface area contributed by atoms with Gasteiger partial charge < -0.3 is 20.7 Å². The van der Waals surface area contributed by atoms with E-state index in [1.54, 1.807) is 0 Å². The van der Waals surface area contributed by atoms with Gasteiger partial charge in [-0.2, -0.15) is 9.97 Å². The molecule has 0 fully saturated rings. The standard InChI is InChI=1S/C16H23N5O/c1-4-5-11-22-15-13(17)14(19-16(20-15)21(2)3)18-12-9-7-6-8-10-12/h6-10H,4-5,11,17H2,1-3H3,(H,18,19,20). The Labute approximate surface area is 131 Å². The third-order valence-electron chi connectivity index (χ3n) is 3.07. The van der Waals surface area contributed by atoms with Crippen LogP contribution in [0.4, 0.5) is 23.1 Å². The molecular formula is C16H23N5O. The molecule has 0 radical (unpaired) electrons. The average Bonchev–Trinajstić information content (AvgIpc) is 2.51. The summed E-state index contributed by atoms with van der Waals surface area (Å²) in [6.07, 6.45) is 2.02. The van der Waals surface area contributed by atoms with E-state index >= 15 is 0 Å². The second kappa shape index (κ2) is 7.49. The van der Waals surface area contributed by atoms with Crippen molar-refractivity contribution >= 4 is 23.1 Å². The van der Waals surface area contributed by atoms with Gasteiger partial charge >= 0.3 is 0 Å². The summed E-state index contributed by atoms with van der Waals surface area (Å²) in [5.41, 5.74) is 7.49. The zero-order chi connectivity index (χ0) is 15.9. The number of rotatable bonds is 7. The number of nitrogens with two attached hydrogens (primary N) is 1. The molecule has 0 spiro atoms. The van der Waals surface area contributed by atoms with Crippen molar-refractivity contribution < 1.29 is 4.74 Å². The maximum Gasteiger partial charge on any atom is 0.244 e. The van der Waals surface area contributed by atoms with Gasteiger partial charge in [-0.1, -0.05) is 31.5 Å². The fourth-order valence-corrected chi connectivity index (χ4v) is 1.81. The third-order valence-corrected chi connectivity index (χ3v) is 3.07. The van der Waals surface area contributed by atoms with Crippen LogP contribution >= 0.6 is 0 Å². The molecule has 0 aliphatic heterocycles. The predicted molar refractivity (Wildman–Crippen MR) is 90.9 cm³/mol. The number of nitrogens with one attached hydrogen (secondary N) is 1. The Morgan fingerprint density at radius 1 is 1.18 bits per heavy atom. The van der Waals surface area contributed by atoms with Crippen LogP contribution in [0.2, 0.25) is 0 Å². The molecule has 2 rings (SSSR count). The quantitative estimate of drug-likeness (QED) is 0.765. The summed E-state index contributed by atoms with van der Waals surface area (Å²) in [6, 6.07) is 9.76. The molecule has 0 unspecified atom stereocenters. The van der Waals surface area contributed by atoms with Crippen molar-refractivity contribution in [1.29, 1.82) is 0 Å². The number of anilines is 4. The first kappa shape index (κ1) is 15.9. The zero-order valence-electron chi connectivity index (χ0n) is 13.3. The normalized spacial score (nSPS) is 10.3. The van der Waals surface area contributed by atoms with Crippen molar-refractivity contribution in [3.63, 3.8) is 0 Å². The maximum atomic E-state index is 6.15. The van der Waals surface area contributed by atoms with Gasteiger partial charge in [0, 0.05) is 19.8 Å². The third kappa shape index (κ3) is 4.00. The number of benzene rings is 1. The number of ether oxygens (including phenoxy) is 1. The van der Waals surface area contributed by atoms with Gasteiger partial charge in [0.15, 0.2) is 5.82 Å². The van der Waals surface area contributed by atoms with Crippen LogP contribution in [-0.4, -0.2) is 30.7 Å². The molecule has 0 aliphatic rings. The highest BCUT2D eigenvalue weighted by Crippen LogP contribution is 2.30. The van der Waals surface area contributed by atoms with Crippen LogP contribution in [0.5, 0.6) is 5.88 Å². The Balaban J connectivity index is 2.30. The van der Waals surface area contributed by atoms with Crippen molar-refractivity contribution in [2.45, 2.75) is 19.8 Å². The fourth-order valence-electron chi connectivity index (χ4n) is 1.81. The molecule has 0 amide bonds. The lowest BCUT2D eigenvalue weighted by Crippen LogP contribution is -2.16. The summed E-state index contributed by atoms with van der Waals surface area (Å²) < 4.78 is 5.70. The summed E-state index contributed by atoms with van der Waals surface area (Å²) >= 11 is 0. The van der Waals surface area contributed by atoms with Crippen molar-refractivity contribution in [3.05, 3.63) is 30.3 Å². The first-order valence-electron chi connectivity index (χ1n) is 7.41. The Kier molecular flexibility index (Phi) is 5.41. The first-order valence-corrected chi connectivity index (χ1v) is 7.41. The molecule has 0 atom stereocenters. The minimum atomic E-state index is 0.422. The summed E-state index contributed by atoms with van der Waals surface area (Å²) in [6.45, 7) is 2.70. The molecule has 0 saturated carbocycles. The highest BCUT2D eigenvalue weighted by Gasteiger charge is 2.14. The molecule has 6 heteroatoms. The highest BCUT2D eigenvalue weighted by molar-refractivity contribution is 5.73. The van der Waals surface area contributed by atoms with Crippen molar-refractivity contribution in [2.24, 2.45) is 0 Å². The minimum Gasteiger partial charge on any atom is -0.476 e. The van der Waals surface area contributed by atoms with E-state index in [2.05, 4.69) is 22.2 Å². The Bertz CT molecular complexity index is 601. The second-order valence-electron chi connectivity index (χ2n) is 5.18. The van der Waals surface area contributed by atoms with E-state index in [0.29, 0.717) is 29.9 Å². The van der Waals surface area contributed by atoms with Crippen molar-refractivity contribution in [1.82, 2.24) is 9.97 Å². The first-order chi connectivity index (χ1) is 10.6. The molecular weight excluding hydrogens is 278 g/mol. The molecule has 1 heterocycles. The van der Waals surface area contributed by atoms with Crippen LogP contribution in [-0.2, 0) is 0 Å². The highest BCUT2D eigenvalue weighted by atomic mass is 16.5. The number of nitrogen functional groups attached to an aromatic ring is 1. The van der Waals surface area contributed by atoms with Gasteiger partial charge in [-0.25, -0.2) is 0 Å². The molecule has 1 aromatic carbocycles. The average molecular weight is 301 g/mol. The Morgan fingerprint density at radius 2 is 1.91 bits per heavy atom. The lowest BCUT2D eigenvalue weighted by atomic mass is 10.3. The molecule has 22 heavy (non-hydrogen) atoms. The Morgan fingerprint density at radius 3 is 2.55 bits per heavy atom. The van der Waals surface area contributed by atoms with E-state index in [-0.39, 0.29) is 0 Å². The van der Waals surface area contributed by atoms with Crippen LogP contribution < -0.4 is 20.7 Å². The number of hydrogen-bond acceptors (Lipinski definition) is 6. The molecule has 6 nitrogen and oxygen atoms in total. The van der Waals surface area contributed by atoms with Gasteiger partial charge in [0.2, 0.25) is 11.8 Å². The van der Waals surface area contributed by atoms with Crippen LogP contribution in [0.3, 0.4) is 0 Å². The lowest BCUT2D eigenvalue weighted by Gasteiger charge is -2.17. The Hall–Kier alpha value is -2.50. The SMILES string of the molecule is CCCCOc1nc(N(C)C)nc(Nc2ccccc2)c1N. The molecule has 2 aromatic rings. The summed E-state index contributed by atoms with van der Waals surface area (Å²) in [4.78, 5) is 10.6. The van der Waals surface area contributed by atoms with Gasteiger partial charge in [-0.3, -0.25) is 0 Å². The topological polar surface area (TPSA) is 76.3 Å². The van der Waals surface area contributed by atoms with Crippen LogP contribution in [0.25, 0.3) is 0 Å². The lowest BCUT2D eigenvalue weighted by molar-refractivity contribution is 0.299. The summed E-state index contributed by atoms with van der Waals surface area (Å²) in [5, 5.41) is 3.22. The monoisotopic (exact) mass is 301 g/mol. The van der Waals surface area contributed by atoms with E-state index in [1.165, 1.54) is 0 Å². The van der Waals surface area contributed by atoms with Gasteiger partial charge in [-0.05, 0) is 18.6 Å². The maximum absolute atomic E-state index is 6.15. The number of aromatic nitrogens is 2. The van der Waals surface area contributed by atoms with E-state index < -0.39 is 0 Å². The second-order valence-corrected chi connectivity index (χ2v) is 5.18. The van der Waals surface area contributed by atoms with Crippen LogP contribution in [0.15, 0.2) is 30.3 Å². The fraction of sp³-hybridized carbons (Fsp3) is 0.375. The van der Waals surface area contributed by atoms with Crippen molar-refractivity contribution in [2.75, 3.05) is 36.7 Å². The van der Waals surface area contributed by atoms with E-state index in [4.69, 9.17) is 10.5 Å². The van der Waals surface area contributed by atoms with E-state index in [1.807, 2.05) is 49.3 Å². The van der Waals surface area contributed by atoms with E-state index in [0.717, 1.165) is 18.5 Å². The molecule has 0 saturated heterocycles. The molecule has 3 N–H and O–H groups in total. The number of para-hydroxylation sites is 1. The molecule has 1 aromatic heterocycles. The minimum absolute atomic E-state index is 0.422. The molecule has 0 aliphatic carbocycles. The predicted octanol–water partition coefficient (Wildman–Crippen LogP) is 3.05. The summed E-state index contributed by atoms with van der Waals surface area (Å²) in [7, 11) is 3.77. The van der Waals surface area contributed by atoms with Gasteiger partial charge in [0.25, 0.3) is 0 Å². The number of hydrogen-bond donors (Lipinski definition) is 2. The smallest absolute Gasteiger partial charge is 0.244 e. The van der Waals surface area contributed by atoms with E-state index in [9.17, 15) is 0 Å². The van der Waals surface area contributed by atoms with Gasteiger partial charge in [0.05, 0.1) is 6.61 Å². The van der Waals surface area contributed by atoms with Gasteiger partial charge in [-0.15, -0.1) is 0 Å². The van der Waals surface area contributed by atoms with Crippen LogP contribution in [0, 0.1) is 0 Å². The zero-order valence-corrected chi connectivity index (χ0v) is 13.3. The van der Waals surface area contributed by atoms with Crippen molar-refractivity contribution in [3.8, 4) is 5.88 Å². The number of nitrogens with zero attached hydrogens (tertiary/aromatic N) is 3. The summed E-state index contributed by atoms with van der Waals surface area (Å²) in [5.74, 6) is 1.53.